The molecule has 30 heavy (non-hydrogen) atoms. The third kappa shape index (κ3) is 5.75. The molecule has 0 spiro atoms. The maximum Gasteiger partial charge on any atom is 0.223 e. The summed E-state index contributed by atoms with van der Waals surface area (Å²) >= 11 is 18.1. The minimum atomic E-state index is -0.285. The molecule has 0 fully saturated rings. The molecule has 9 heteroatoms. The van der Waals surface area contributed by atoms with Crippen LogP contribution in [0.3, 0.4) is 0 Å². The van der Waals surface area contributed by atoms with E-state index in [2.05, 4.69) is 10.3 Å². The molecule has 2 aromatic carbocycles. The summed E-state index contributed by atoms with van der Waals surface area (Å²) < 4.78 is 1.61. The van der Waals surface area contributed by atoms with Crippen molar-refractivity contribution < 1.29 is 9.59 Å². The molecular weight excluding hydrogens is 447 g/mol. The number of carbonyl (C=O) groups is 2. The van der Waals surface area contributed by atoms with Gasteiger partial charge >= 0.3 is 0 Å². The van der Waals surface area contributed by atoms with E-state index in [1.54, 1.807) is 41.1 Å². The van der Waals surface area contributed by atoms with E-state index in [0.29, 0.717) is 44.4 Å². The Kier molecular flexibility index (Phi) is 7.02. The lowest BCUT2D eigenvalue weighted by atomic mass is 10.1. The Morgan fingerprint density at radius 2 is 1.73 bits per heavy atom. The Morgan fingerprint density at radius 3 is 2.37 bits per heavy atom. The van der Waals surface area contributed by atoms with Crippen LogP contribution in [-0.2, 0) is 29.0 Å². The van der Waals surface area contributed by atoms with Crippen LogP contribution < -0.4 is 11.1 Å². The molecule has 0 aliphatic carbocycles. The molecule has 0 saturated carbocycles. The summed E-state index contributed by atoms with van der Waals surface area (Å²) in [6, 6.07) is 10.2. The molecule has 3 aromatic rings. The van der Waals surface area contributed by atoms with Gasteiger partial charge in [0.1, 0.15) is 0 Å². The molecule has 0 saturated heterocycles. The molecule has 6 nitrogen and oxygen atoms in total. The standard InChI is InChI=1S/C21H19Cl3N4O2/c1-12(29)26-21-27-17(6-13-2-4-15(22)8-19(13)24)10-28(21)11-18(30)7-14-3-5-16(23)9-20(14)25/h2-5,8-10H,6-7,11,25H2,1H3,(H,26,27,29). The van der Waals surface area contributed by atoms with Crippen LogP contribution in [0.25, 0.3) is 0 Å². The van der Waals surface area contributed by atoms with Crippen LogP contribution in [0.1, 0.15) is 23.7 Å². The van der Waals surface area contributed by atoms with Crippen LogP contribution in [0.5, 0.6) is 0 Å². The molecule has 156 valence electrons. The highest BCUT2D eigenvalue weighted by atomic mass is 35.5. The molecule has 1 heterocycles. The van der Waals surface area contributed by atoms with Gasteiger partial charge in [-0.3, -0.25) is 14.9 Å². The van der Waals surface area contributed by atoms with Crippen molar-refractivity contribution in [1.29, 1.82) is 0 Å². The number of nitrogen functional groups attached to an aromatic ring is 1. The van der Waals surface area contributed by atoms with Crippen molar-refractivity contribution in [2.24, 2.45) is 0 Å². The second-order valence-corrected chi connectivity index (χ2v) is 8.12. The Balaban J connectivity index is 1.80. The third-order valence-electron chi connectivity index (χ3n) is 4.34. The van der Waals surface area contributed by atoms with Gasteiger partial charge in [-0.05, 0) is 35.4 Å². The summed E-state index contributed by atoms with van der Waals surface area (Å²) in [6.45, 7) is 1.41. The van der Waals surface area contributed by atoms with Crippen molar-refractivity contribution in [3.63, 3.8) is 0 Å². The lowest BCUT2D eigenvalue weighted by Crippen LogP contribution is -2.17. The van der Waals surface area contributed by atoms with E-state index in [0.717, 1.165) is 5.56 Å². The number of imidazole rings is 1. The number of anilines is 2. The van der Waals surface area contributed by atoms with Gasteiger partial charge in [-0.1, -0.05) is 46.9 Å². The first-order chi connectivity index (χ1) is 14.2. The average Bonchev–Trinajstić information content (AvgIpc) is 3.00. The van der Waals surface area contributed by atoms with Gasteiger partial charge < -0.3 is 10.3 Å². The fraction of sp³-hybridized carbons (Fsp3) is 0.190. The molecule has 1 amide bonds. The Labute approximate surface area is 188 Å². The summed E-state index contributed by atoms with van der Waals surface area (Å²) in [6.07, 6.45) is 2.28. The van der Waals surface area contributed by atoms with Crippen LogP contribution in [-0.4, -0.2) is 21.2 Å². The SMILES string of the molecule is CC(=O)Nc1nc(Cc2ccc(Cl)cc2Cl)cn1CC(=O)Cc1ccc(Cl)cc1N. The number of Topliss-reactive ketones (excluding diaryl/α,β-unsaturated/α-hetero) is 1. The fourth-order valence-corrected chi connectivity index (χ4v) is 3.63. The highest BCUT2D eigenvalue weighted by molar-refractivity contribution is 6.35. The smallest absolute Gasteiger partial charge is 0.223 e. The number of nitrogens with zero attached hydrogens (tertiary/aromatic N) is 2. The summed E-state index contributed by atoms with van der Waals surface area (Å²) in [4.78, 5) is 28.6. The Morgan fingerprint density at radius 1 is 1.07 bits per heavy atom. The first-order valence-electron chi connectivity index (χ1n) is 9.04. The van der Waals surface area contributed by atoms with Crippen molar-refractivity contribution >= 4 is 58.1 Å². The summed E-state index contributed by atoms with van der Waals surface area (Å²) in [7, 11) is 0. The monoisotopic (exact) mass is 464 g/mol. The molecule has 0 atom stereocenters. The second-order valence-electron chi connectivity index (χ2n) is 6.84. The molecule has 1 aromatic heterocycles. The first kappa shape index (κ1) is 22.2. The van der Waals surface area contributed by atoms with Crippen LogP contribution in [0.15, 0.2) is 42.6 Å². The molecular formula is C21H19Cl3N4O2. The number of ketones is 1. The minimum Gasteiger partial charge on any atom is -0.398 e. The van der Waals surface area contributed by atoms with Crippen molar-refractivity contribution in [2.45, 2.75) is 26.3 Å². The van der Waals surface area contributed by atoms with Crippen LogP contribution in [0.4, 0.5) is 11.6 Å². The predicted molar refractivity (Wildman–Crippen MR) is 120 cm³/mol. The van der Waals surface area contributed by atoms with E-state index >= 15 is 0 Å². The topological polar surface area (TPSA) is 90.0 Å². The second kappa shape index (κ2) is 9.51. The summed E-state index contributed by atoms with van der Waals surface area (Å²) in [5.74, 6) is -0.0866. The minimum absolute atomic E-state index is 0.0268. The van der Waals surface area contributed by atoms with Crippen molar-refractivity contribution in [3.05, 3.63) is 74.5 Å². The number of benzene rings is 2. The van der Waals surface area contributed by atoms with E-state index < -0.39 is 0 Å². The summed E-state index contributed by atoms with van der Waals surface area (Å²) in [5.41, 5.74) is 8.58. The molecule has 0 bridgehead atoms. The van der Waals surface area contributed by atoms with Crippen molar-refractivity contribution in [3.8, 4) is 0 Å². The predicted octanol–water partition coefficient (Wildman–Crippen LogP) is 4.79. The number of aromatic nitrogens is 2. The molecule has 0 aliphatic heterocycles. The zero-order valence-corrected chi connectivity index (χ0v) is 18.4. The average molecular weight is 466 g/mol. The largest absolute Gasteiger partial charge is 0.398 e. The van der Waals surface area contributed by atoms with Gasteiger partial charge in [-0.2, -0.15) is 0 Å². The van der Waals surface area contributed by atoms with Gasteiger partial charge in [0.05, 0.1) is 12.2 Å². The molecule has 3 N–H and O–H groups in total. The Bertz CT molecular complexity index is 1110. The summed E-state index contributed by atoms with van der Waals surface area (Å²) in [5, 5.41) is 4.23. The number of rotatable bonds is 7. The first-order valence-corrected chi connectivity index (χ1v) is 10.2. The van der Waals surface area contributed by atoms with Crippen molar-refractivity contribution in [1.82, 2.24) is 9.55 Å². The number of nitrogens with one attached hydrogen (secondary N) is 1. The van der Waals surface area contributed by atoms with Gasteiger partial charge in [0.25, 0.3) is 0 Å². The van der Waals surface area contributed by atoms with Crippen molar-refractivity contribution in [2.75, 3.05) is 11.1 Å². The molecule has 3 rings (SSSR count). The fourth-order valence-electron chi connectivity index (χ4n) is 2.98. The number of hydrogen-bond donors (Lipinski definition) is 2. The lowest BCUT2D eigenvalue weighted by molar-refractivity contribution is -0.119. The van der Waals surface area contributed by atoms with Crippen LogP contribution in [0.2, 0.25) is 15.1 Å². The number of halogens is 3. The quantitative estimate of drug-likeness (QED) is 0.491. The maximum atomic E-state index is 12.6. The van der Waals surface area contributed by atoms with E-state index in [9.17, 15) is 9.59 Å². The molecule has 0 unspecified atom stereocenters. The number of carbonyl (C=O) groups excluding carboxylic acids is 2. The van der Waals surface area contributed by atoms with E-state index in [-0.39, 0.29) is 24.7 Å². The van der Waals surface area contributed by atoms with Crippen LogP contribution in [0, 0.1) is 0 Å². The zero-order valence-electron chi connectivity index (χ0n) is 16.1. The van der Waals surface area contributed by atoms with Gasteiger partial charge in [-0.25, -0.2) is 4.98 Å². The zero-order chi connectivity index (χ0) is 21.8. The van der Waals surface area contributed by atoms with E-state index in [1.807, 2.05) is 6.07 Å². The maximum absolute atomic E-state index is 12.6. The molecule has 0 radical (unpaired) electrons. The molecule has 0 aliphatic rings. The number of nitrogens with two attached hydrogens (primary N) is 1. The van der Waals surface area contributed by atoms with Crippen LogP contribution >= 0.6 is 34.8 Å². The van der Waals surface area contributed by atoms with Gasteiger partial charge in [0.2, 0.25) is 11.9 Å². The van der Waals surface area contributed by atoms with Gasteiger partial charge in [0, 0.05) is 46.7 Å². The van der Waals surface area contributed by atoms with Gasteiger partial charge in [-0.15, -0.1) is 0 Å². The van der Waals surface area contributed by atoms with E-state index in [1.165, 1.54) is 6.92 Å². The lowest BCUT2D eigenvalue weighted by Gasteiger charge is -2.08. The number of amides is 1. The number of hydrogen-bond acceptors (Lipinski definition) is 4. The highest BCUT2D eigenvalue weighted by Gasteiger charge is 2.15. The third-order valence-corrected chi connectivity index (χ3v) is 5.17. The highest BCUT2D eigenvalue weighted by Crippen LogP contribution is 2.24. The Hall–Kier alpha value is -2.54. The van der Waals surface area contributed by atoms with Gasteiger partial charge in [0.15, 0.2) is 5.78 Å². The normalized spacial score (nSPS) is 10.8. The van der Waals surface area contributed by atoms with E-state index in [4.69, 9.17) is 40.5 Å².